The molecular weight excluding hydrogens is 366 g/mol. The van der Waals surface area contributed by atoms with Gasteiger partial charge < -0.3 is 5.32 Å². The lowest BCUT2D eigenvalue weighted by Crippen LogP contribution is -2.41. The molecule has 1 N–H and O–H groups in total. The van der Waals surface area contributed by atoms with Crippen LogP contribution in [0.3, 0.4) is 0 Å². The predicted octanol–water partition coefficient (Wildman–Crippen LogP) is 0.475. The summed E-state index contributed by atoms with van der Waals surface area (Å²) in [6, 6.07) is 5.37. The number of carbonyl (C=O) groups is 1. The minimum atomic E-state index is -3.70. The molecule has 25 heavy (non-hydrogen) atoms. The Hall–Kier alpha value is -1.65. The predicted molar refractivity (Wildman–Crippen MR) is 97.4 cm³/mol. The van der Waals surface area contributed by atoms with Crippen molar-refractivity contribution in [2.45, 2.75) is 18.7 Å². The highest BCUT2D eigenvalue weighted by Gasteiger charge is 2.22. The largest absolute Gasteiger partial charge is 0.354 e. The van der Waals surface area contributed by atoms with E-state index >= 15 is 0 Å². The fourth-order valence-electron chi connectivity index (χ4n) is 1.90. The molecule has 0 bridgehead atoms. The molecule has 1 rings (SSSR count). The van der Waals surface area contributed by atoms with Gasteiger partial charge in [-0.25, -0.2) is 21.1 Å². The van der Waals surface area contributed by atoms with Crippen LogP contribution >= 0.6 is 0 Å². The molecule has 0 aliphatic rings. The van der Waals surface area contributed by atoms with Crippen molar-refractivity contribution in [3.05, 3.63) is 24.3 Å². The highest BCUT2D eigenvalue weighted by molar-refractivity contribution is 7.92. The molecule has 142 valence electrons. The monoisotopic (exact) mass is 391 g/mol. The number of hydrogen-bond donors (Lipinski definition) is 1. The molecule has 0 unspecified atom stereocenters. The molecule has 10 heteroatoms. The molecule has 0 atom stereocenters. The Morgan fingerprint density at radius 2 is 1.60 bits per heavy atom. The molecule has 0 heterocycles. The van der Waals surface area contributed by atoms with Crippen molar-refractivity contribution in [3.63, 3.8) is 0 Å². The third-order valence-electron chi connectivity index (χ3n) is 3.30. The Labute approximate surface area is 149 Å². The van der Waals surface area contributed by atoms with Crippen LogP contribution in [0.4, 0.5) is 5.69 Å². The molecule has 0 fully saturated rings. The maximum absolute atomic E-state index is 12.1. The van der Waals surface area contributed by atoms with Crippen molar-refractivity contribution in [2.24, 2.45) is 5.92 Å². The van der Waals surface area contributed by atoms with Crippen molar-refractivity contribution in [1.29, 1.82) is 0 Å². The first kappa shape index (κ1) is 21.4. The maximum Gasteiger partial charge on any atom is 0.242 e. The summed E-state index contributed by atoms with van der Waals surface area (Å²) in [4.78, 5) is 12.0. The minimum absolute atomic E-state index is 0.0407. The van der Waals surface area contributed by atoms with Crippen LogP contribution < -0.4 is 9.62 Å². The van der Waals surface area contributed by atoms with Gasteiger partial charge in [-0.1, -0.05) is 13.8 Å². The molecule has 1 aromatic rings. The van der Waals surface area contributed by atoms with Crippen molar-refractivity contribution >= 4 is 31.6 Å². The fourth-order valence-corrected chi connectivity index (χ4v) is 3.66. The molecule has 1 amide bonds. The standard InChI is InChI=1S/C15H25N3O5S2/c1-12(2)10-16-15(19)11-18(24(5,20)21)13-6-8-14(9-7-13)25(22,23)17(3)4/h6-9,12H,10-11H2,1-5H3,(H,16,19). The summed E-state index contributed by atoms with van der Waals surface area (Å²) in [6.07, 6.45) is 0.993. The first-order valence-corrected chi connectivity index (χ1v) is 10.9. The molecule has 0 aliphatic heterocycles. The first-order valence-electron chi connectivity index (χ1n) is 7.62. The zero-order valence-corrected chi connectivity index (χ0v) is 16.7. The SMILES string of the molecule is CC(C)CNC(=O)CN(c1ccc(S(=O)(=O)N(C)C)cc1)S(C)(=O)=O. The Morgan fingerprint density at radius 3 is 2.00 bits per heavy atom. The van der Waals surface area contributed by atoms with Gasteiger partial charge in [0.05, 0.1) is 16.8 Å². The first-order chi connectivity index (χ1) is 11.4. The van der Waals surface area contributed by atoms with E-state index in [1.807, 2.05) is 13.8 Å². The van der Waals surface area contributed by atoms with Crippen LogP contribution in [0.25, 0.3) is 0 Å². The van der Waals surface area contributed by atoms with E-state index in [0.717, 1.165) is 14.9 Å². The van der Waals surface area contributed by atoms with Gasteiger partial charge in [0.25, 0.3) is 0 Å². The number of anilines is 1. The van der Waals surface area contributed by atoms with E-state index in [1.165, 1.54) is 38.4 Å². The zero-order valence-electron chi connectivity index (χ0n) is 15.1. The van der Waals surface area contributed by atoms with Crippen LogP contribution in [0.5, 0.6) is 0 Å². The lowest BCUT2D eigenvalue weighted by Gasteiger charge is -2.22. The number of carbonyl (C=O) groups excluding carboxylic acids is 1. The van der Waals surface area contributed by atoms with Gasteiger partial charge in [-0.3, -0.25) is 9.10 Å². The van der Waals surface area contributed by atoms with Gasteiger partial charge in [0.2, 0.25) is 26.0 Å². The average Bonchev–Trinajstić information content (AvgIpc) is 2.49. The molecule has 8 nitrogen and oxygen atoms in total. The van der Waals surface area contributed by atoms with E-state index < -0.39 is 26.0 Å². The Balaban J connectivity index is 3.08. The average molecular weight is 392 g/mol. The van der Waals surface area contributed by atoms with Gasteiger partial charge in [0, 0.05) is 20.6 Å². The van der Waals surface area contributed by atoms with Gasteiger partial charge in [0.15, 0.2) is 0 Å². The second-order valence-electron chi connectivity index (χ2n) is 6.25. The number of rotatable bonds is 8. The summed E-state index contributed by atoms with van der Waals surface area (Å²) in [6.45, 7) is 3.93. The number of sulfonamides is 2. The van der Waals surface area contributed by atoms with Gasteiger partial charge >= 0.3 is 0 Å². The highest BCUT2D eigenvalue weighted by Crippen LogP contribution is 2.21. The molecule has 0 saturated carbocycles. The van der Waals surface area contributed by atoms with E-state index in [-0.39, 0.29) is 23.0 Å². The molecule has 0 radical (unpaired) electrons. The molecular formula is C15H25N3O5S2. The van der Waals surface area contributed by atoms with Crippen LogP contribution in [0.1, 0.15) is 13.8 Å². The highest BCUT2D eigenvalue weighted by atomic mass is 32.2. The van der Waals surface area contributed by atoms with E-state index in [0.29, 0.717) is 6.54 Å². The van der Waals surface area contributed by atoms with Crippen molar-refractivity contribution in [1.82, 2.24) is 9.62 Å². The Morgan fingerprint density at radius 1 is 1.08 bits per heavy atom. The van der Waals surface area contributed by atoms with Gasteiger partial charge in [-0.2, -0.15) is 0 Å². The summed E-state index contributed by atoms with van der Waals surface area (Å²) in [5, 5.41) is 2.66. The molecule has 0 aromatic heterocycles. The van der Waals surface area contributed by atoms with Crippen LogP contribution in [0, 0.1) is 5.92 Å². The number of amides is 1. The topological polar surface area (TPSA) is 104 Å². The van der Waals surface area contributed by atoms with Crippen molar-refractivity contribution in [2.75, 3.05) is 37.7 Å². The quantitative estimate of drug-likeness (QED) is 0.694. The smallest absolute Gasteiger partial charge is 0.242 e. The normalized spacial score (nSPS) is 12.4. The maximum atomic E-state index is 12.1. The minimum Gasteiger partial charge on any atom is -0.354 e. The van der Waals surface area contributed by atoms with Crippen LogP contribution in [-0.2, 0) is 24.8 Å². The number of benzene rings is 1. The Kier molecular flexibility index (Phi) is 6.98. The molecule has 0 saturated heterocycles. The third kappa shape index (κ3) is 5.98. The van der Waals surface area contributed by atoms with Gasteiger partial charge in [-0.15, -0.1) is 0 Å². The number of hydrogen-bond acceptors (Lipinski definition) is 5. The zero-order chi connectivity index (χ0) is 19.4. The van der Waals surface area contributed by atoms with Crippen molar-refractivity contribution in [3.8, 4) is 0 Å². The third-order valence-corrected chi connectivity index (χ3v) is 6.27. The lowest BCUT2D eigenvalue weighted by molar-refractivity contribution is -0.119. The van der Waals surface area contributed by atoms with E-state index in [1.54, 1.807) is 0 Å². The van der Waals surface area contributed by atoms with Crippen LogP contribution in [0.15, 0.2) is 29.2 Å². The molecule has 0 spiro atoms. The number of nitrogens with one attached hydrogen (secondary N) is 1. The van der Waals surface area contributed by atoms with E-state index in [2.05, 4.69) is 5.32 Å². The van der Waals surface area contributed by atoms with Gasteiger partial charge in [-0.05, 0) is 30.2 Å². The van der Waals surface area contributed by atoms with Crippen molar-refractivity contribution < 1.29 is 21.6 Å². The molecule has 1 aromatic carbocycles. The van der Waals surface area contributed by atoms with Gasteiger partial charge in [0.1, 0.15) is 6.54 Å². The molecule has 0 aliphatic carbocycles. The Bertz CT molecular complexity index is 800. The summed E-state index contributed by atoms with van der Waals surface area (Å²) in [7, 11) is -4.50. The second kappa shape index (κ2) is 8.15. The van der Waals surface area contributed by atoms with Crippen LogP contribution in [-0.4, -0.2) is 60.5 Å². The van der Waals surface area contributed by atoms with E-state index in [4.69, 9.17) is 0 Å². The second-order valence-corrected chi connectivity index (χ2v) is 10.3. The number of nitrogens with zero attached hydrogens (tertiary/aromatic N) is 2. The fraction of sp³-hybridized carbons (Fsp3) is 0.533. The summed E-state index contributed by atoms with van der Waals surface area (Å²) in [5.74, 6) is -0.185. The summed E-state index contributed by atoms with van der Waals surface area (Å²) >= 11 is 0. The van der Waals surface area contributed by atoms with E-state index in [9.17, 15) is 21.6 Å². The lowest BCUT2D eigenvalue weighted by atomic mass is 10.2. The summed E-state index contributed by atoms with van der Waals surface area (Å²) in [5.41, 5.74) is 0.222. The summed E-state index contributed by atoms with van der Waals surface area (Å²) < 4.78 is 50.2. The van der Waals surface area contributed by atoms with Crippen LogP contribution in [0.2, 0.25) is 0 Å².